The van der Waals surface area contributed by atoms with Crippen molar-refractivity contribution in [2.75, 3.05) is 11.9 Å². The Morgan fingerprint density at radius 3 is 3.16 bits per heavy atom. The quantitative estimate of drug-likeness (QED) is 0.829. The molecule has 0 unspecified atom stereocenters. The SMILES string of the molecule is CC[C@@H](C)Nc1ncccc1[C@@H]1CCCCN1C=O. The molecule has 1 aromatic heterocycles. The normalized spacial score (nSPS) is 20.9. The second-order valence-corrected chi connectivity index (χ2v) is 5.25. The molecule has 2 atom stereocenters. The van der Waals surface area contributed by atoms with Crippen molar-refractivity contribution in [3.05, 3.63) is 23.9 Å². The first-order valence-corrected chi connectivity index (χ1v) is 7.18. The molecule has 0 aliphatic carbocycles. The minimum Gasteiger partial charge on any atom is -0.367 e. The van der Waals surface area contributed by atoms with Gasteiger partial charge in [-0.05, 0) is 38.7 Å². The molecule has 4 nitrogen and oxygen atoms in total. The van der Waals surface area contributed by atoms with E-state index in [1.54, 1.807) is 0 Å². The molecule has 4 heteroatoms. The lowest BCUT2D eigenvalue weighted by atomic mass is 9.96. The molecule has 1 fully saturated rings. The van der Waals surface area contributed by atoms with E-state index in [9.17, 15) is 4.79 Å². The molecule has 0 saturated carbocycles. The van der Waals surface area contributed by atoms with Crippen LogP contribution in [-0.2, 0) is 4.79 Å². The van der Waals surface area contributed by atoms with Crippen molar-refractivity contribution in [2.45, 2.75) is 51.6 Å². The summed E-state index contributed by atoms with van der Waals surface area (Å²) in [5.74, 6) is 0.926. The molecular formula is C15H23N3O. The second-order valence-electron chi connectivity index (χ2n) is 5.25. The van der Waals surface area contributed by atoms with E-state index in [2.05, 4.69) is 30.2 Å². The molecule has 0 radical (unpaired) electrons. The molecule has 104 valence electrons. The predicted molar refractivity (Wildman–Crippen MR) is 77.0 cm³/mol. The Bertz CT molecular complexity index is 422. The summed E-state index contributed by atoms with van der Waals surface area (Å²) in [7, 11) is 0. The minimum atomic E-state index is 0.173. The van der Waals surface area contributed by atoms with E-state index >= 15 is 0 Å². The van der Waals surface area contributed by atoms with Crippen molar-refractivity contribution in [1.29, 1.82) is 0 Å². The van der Waals surface area contributed by atoms with Crippen LogP contribution in [0.4, 0.5) is 5.82 Å². The summed E-state index contributed by atoms with van der Waals surface area (Å²) >= 11 is 0. The van der Waals surface area contributed by atoms with Gasteiger partial charge in [-0.1, -0.05) is 13.0 Å². The summed E-state index contributed by atoms with van der Waals surface area (Å²) in [6, 6.07) is 4.60. The van der Waals surface area contributed by atoms with Gasteiger partial charge in [-0.2, -0.15) is 0 Å². The van der Waals surface area contributed by atoms with Gasteiger partial charge in [0.15, 0.2) is 0 Å². The van der Waals surface area contributed by atoms with Crippen LogP contribution < -0.4 is 5.32 Å². The lowest BCUT2D eigenvalue weighted by Gasteiger charge is -2.34. The third kappa shape index (κ3) is 3.25. The van der Waals surface area contributed by atoms with Crippen LogP contribution in [0, 0.1) is 0 Å². The maximum atomic E-state index is 11.2. The smallest absolute Gasteiger partial charge is 0.210 e. The van der Waals surface area contributed by atoms with Crippen molar-refractivity contribution in [2.24, 2.45) is 0 Å². The summed E-state index contributed by atoms with van der Waals surface area (Å²) in [4.78, 5) is 17.6. The summed E-state index contributed by atoms with van der Waals surface area (Å²) in [5.41, 5.74) is 1.15. The maximum Gasteiger partial charge on any atom is 0.210 e. The number of aromatic nitrogens is 1. The van der Waals surface area contributed by atoms with Gasteiger partial charge in [-0.15, -0.1) is 0 Å². The molecule has 1 aliphatic heterocycles. The lowest BCUT2D eigenvalue weighted by molar-refractivity contribution is -0.121. The molecule has 0 spiro atoms. The van der Waals surface area contributed by atoms with Crippen LogP contribution in [0.5, 0.6) is 0 Å². The van der Waals surface area contributed by atoms with Gasteiger partial charge < -0.3 is 10.2 Å². The Labute approximate surface area is 115 Å². The number of piperidine rings is 1. The predicted octanol–water partition coefficient (Wildman–Crippen LogP) is 2.98. The third-order valence-corrected chi connectivity index (χ3v) is 3.87. The highest BCUT2D eigenvalue weighted by molar-refractivity contribution is 5.53. The van der Waals surface area contributed by atoms with Gasteiger partial charge in [0.1, 0.15) is 5.82 Å². The number of rotatable bonds is 5. The number of amides is 1. The van der Waals surface area contributed by atoms with E-state index in [-0.39, 0.29) is 6.04 Å². The number of likely N-dealkylation sites (tertiary alicyclic amines) is 1. The van der Waals surface area contributed by atoms with Gasteiger partial charge in [0, 0.05) is 24.3 Å². The average Bonchev–Trinajstić information content (AvgIpc) is 2.47. The first-order valence-electron chi connectivity index (χ1n) is 7.18. The van der Waals surface area contributed by atoms with Gasteiger partial charge in [0.05, 0.1) is 6.04 Å². The van der Waals surface area contributed by atoms with Crippen molar-refractivity contribution < 1.29 is 4.79 Å². The van der Waals surface area contributed by atoms with E-state index in [4.69, 9.17) is 0 Å². The Balaban J connectivity index is 2.24. The highest BCUT2D eigenvalue weighted by atomic mass is 16.1. The number of carbonyl (C=O) groups excluding carboxylic acids is 1. The zero-order valence-electron chi connectivity index (χ0n) is 11.8. The fourth-order valence-electron chi connectivity index (χ4n) is 2.56. The molecule has 1 N–H and O–H groups in total. The van der Waals surface area contributed by atoms with Gasteiger partial charge >= 0.3 is 0 Å². The molecule has 19 heavy (non-hydrogen) atoms. The summed E-state index contributed by atoms with van der Waals surface area (Å²) in [5, 5.41) is 3.45. The van der Waals surface area contributed by atoms with Gasteiger partial charge in [0.25, 0.3) is 0 Å². The van der Waals surface area contributed by atoms with Crippen molar-refractivity contribution in [3.63, 3.8) is 0 Å². The zero-order chi connectivity index (χ0) is 13.7. The third-order valence-electron chi connectivity index (χ3n) is 3.87. The largest absolute Gasteiger partial charge is 0.367 e. The Morgan fingerprint density at radius 1 is 1.58 bits per heavy atom. The standard InChI is InChI=1S/C15H23N3O/c1-3-12(2)17-15-13(7-6-9-16-15)14-8-4-5-10-18(14)11-19/h6-7,9,11-12,14H,3-5,8,10H2,1-2H3,(H,16,17)/t12-,14+/m1/s1. The number of carbonyl (C=O) groups is 1. The van der Waals surface area contributed by atoms with E-state index in [0.717, 1.165) is 43.6 Å². The molecule has 1 aromatic rings. The number of anilines is 1. The summed E-state index contributed by atoms with van der Waals surface area (Å²) < 4.78 is 0. The van der Waals surface area contributed by atoms with Crippen LogP contribution in [0.1, 0.15) is 51.1 Å². The zero-order valence-corrected chi connectivity index (χ0v) is 11.8. The van der Waals surface area contributed by atoms with E-state index < -0.39 is 0 Å². The van der Waals surface area contributed by atoms with Crippen molar-refractivity contribution >= 4 is 12.2 Å². The number of pyridine rings is 1. The first kappa shape index (κ1) is 13.8. The van der Waals surface area contributed by atoms with Gasteiger partial charge in [-0.3, -0.25) is 4.79 Å². The molecule has 1 amide bonds. The molecule has 2 rings (SSSR count). The van der Waals surface area contributed by atoms with E-state index in [1.165, 1.54) is 6.42 Å². The molecular weight excluding hydrogens is 238 g/mol. The van der Waals surface area contributed by atoms with Crippen LogP contribution in [0.2, 0.25) is 0 Å². The monoisotopic (exact) mass is 261 g/mol. The van der Waals surface area contributed by atoms with Gasteiger partial charge in [0.2, 0.25) is 6.41 Å². The van der Waals surface area contributed by atoms with Crippen molar-refractivity contribution in [3.8, 4) is 0 Å². The molecule has 0 bridgehead atoms. The number of nitrogens with one attached hydrogen (secondary N) is 1. The fourth-order valence-corrected chi connectivity index (χ4v) is 2.56. The number of hydrogen-bond donors (Lipinski definition) is 1. The van der Waals surface area contributed by atoms with E-state index in [0.29, 0.717) is 6.04 Å². The van der Waals surface area contributed by atoms with Crippen LogP contribution >= 0.6 is 0 Å². The number of nitrogens with zero attached hydrogens (tertiary/aromatic N) is 2. The second kappa shape index (κ2) is 6.55. The highest BCUT2D eigenvalue weighted by Gasteiger charge is 2.25. The highest BCUT2D eigenvalue weighted by Crippen LogP contribution is 2.33. The van der Waals surface area contributed by atoms with Crippen LogP contribution in [0.15, 0.2) is 18.3 Å². The van der Waals surface area contributed by atoms with Crippen LogP contribution in [0.25, 0.3) is 0 Å². The van der Waals surface area contributed by atoms with Crippen LogP contribution in [-0.4, -0.2) is 28.9 Å². The molecule has 1 aliphatic rings. The number of hydrogen-bond acceptors (Lipinski definition) is 3. The average molecular weight is 261 g/mol. The first-order chi connectivity index (χ1) is 9.26. The topological polar surface area (TPSA) is 45.2 Å². The lowest BCUT2D eigenvalue weighted by Crippen LogP contribution is -2.33. The van der Waals surface area contributed by atoms with Gasteiger partial charge in [-0.25, -0.2) is 4.98 Å². The minimum absolute atomic E-state index is 0.173. The summed E-state index contributed by atoms with van der Waals surface area (Å²) in [6.45, 7) is 5.15. The Morgan fingerprint density at radius 2 is 2.42 bits per heavy atom. The summed E-state index contributed by atoms with van der Waals surface area (Å²) in [6.07, 6.45) is 7.14. The molecule has 1 saturated heterocycles. The molecule has 2 heterocycles. The Kier molecular flexibility index (Phi) is 4.77. The van der Waals surface area contributed by atoms with E-state index in [1.807, 2.05) is 17.2 Å². The Hall–Kier alpha value is -1.58. The fraction of sp³-hybridized carbons (Fsp3) is 0.600. The molecule has 0 aromatic carbocycles. The van der Waals surface area contributed by atoms with Crippen LogP contribution in [0.3, 0.4) is 0 Å². The maximum absolute atomic E-state index is 11.2. The van der Waals surface area contributed by atoms with Crippen molar-refractivity contribution in [1.82, 2.24) is 9.88 Å².